The predicted octanol–water partition coefficient (Wildman–Crippen LogP) is 6.85. The van der Waals surface area contributed by atoms with Gasteiger partial charge in [0.05, 0.1) is 0 Å². The van der Waals surface area contributed by atoms with E-state index in [1.54, 1.807) is 11.8 Å². The Balaban J connectivity index is 1.69. The molecule has 0 fully saturated rings. The number of hydrogen-bond acceptors (Lipinski definition) is 2. The van der Waals surface area contributed by atoms with Gasteiger partial charge in [0, 0.05) is 21.2 Å². The summed E-state index contributed by atoms with van der Waals surface area (Å²) in [7, 11) is -2.88. The van der Waals surface area contributed by atoms with Gasteiger partial charge in [0.2, 0.25) is 0 Å². The molecular weight excluding hydrogens is 391 g/mol. The summed E-state index contributed by atoms with van der Waals surface area (Å²) in [4.78, 5) is 2.03. The highest BCUT2D eigenvalue weighted by Gasteiger charge is 2.35. The average Bonchev–Trinajstić information content (AvgIpc) is 2.79. The third kappa shape index (κ3) is 3.96. The van der Waals surface area contributed by atoms with Gasteiger partial charge in [-0.3, -0.25) is 0 Å². The third-order valence-electron chi connectivity index (χ3n) is 5.26. The average molecular weight is 415 g/mol. The minimum absolute atomic E-state index is 0.191. The molecule has 0 radical (unpaired) electrons. The quantitative estimate of drug-likeness (QED) is 0.254. The molecule has 0 bridgehead atoms. The van der Waals surface area contributed by atoms with Crippen LogP contribution in [0.5, 0.6) is 0 Å². The Labute approximate surface area is 176 Å². The largest absolute Gasteiger partial charge is 0.313 e. The highest BCUT2D eigenvalue weighted by atomic mass is 32.2. The van der Waals surface area contributed by atoms with Crippen molar-refractivity contribution < 1.29 is 4.57 Å². The summed E-state index contributed by atoms with van der Waals surface area (Å²) in [5.74, 6) is 0. The monoisotopic (exact) mass is 414 g/mol. The Bertz CT molecular complexity index is 1140. The van der Waals surface area contributed by atoms with Crippen molar-refractivity contribution in [2.45, 2.75) is 17.5 Å². The summed E-state index contributed by atoms with van der Waals surface area (Å²) in [5.41, 5.74) is -0.191. The van der Waals surface area contributed by atoms with Crippen molar-refractivity contribution in [1.29, 1.82) is 0 Å². The standard InChI is InChI=1S/C26H23OPS/c1-20(21(2)29-26-18-17-22-11-9-10-12-23(22)19-26)28(27,24-13-5-3-6-14-24)25-15-7-4-8-16-25/h3-20H,2H2,1H3/t20-/m1/s1. The van der Waals surface area contributed by atoms with Crippen LogP contribution in [-0.2, 0) is 4.57 Å². The molecule has 4 rings (SSSR count). The van der Waals surface area contributed by atoms with E-state index in [1.165, 1.54) is 10.8 Å². The molecular formula is C26H23OPS. The van der Waals surface area contributed by atoms with Crippen molar-refractivity contribution >= 4 is 40.3 Å². The smallest absolute Gasteiger partial charge is 0.150 e. The van der Waals surface area contributed by atoms with E-state index in [0.29, 0.717) is 0 Å². The number of fused-ring (bicyclic) bond motifs is 1. The summed E-state index contributed by atoms with van der Waals surface area (Å²) < 4.78 is 14.5. The van der Waals surface area contributed by atoms with Crippen LogP contribution >= 0.6 is 18.9 Å². The van der Waals surface area contributed by atoms with Gasteiger partial charge in [-0.15, -0.1) is 0 Å². The van der Waals surface area contributed by atoms with E-state index in [4.69, 9.17) is 0 Å². The zero-order valence-corrected chi connectivity index (χ0v) is 18.1. The normalized spacial score (nSPS) is 12.6. The van der Waals surface area contributed by atoms with Gasteiger partial charge in [-0.1, -0.05) is 116 Å². The predicted molar refractivity (Wildman–Crippen MR) is 128 cm³/mol. The van der Waals surface area contributed by atoms with E-state index in [9.17, 15) is 4.57 Å². The molecule has 0 heterocycles. The van der Waals surface area contributed by atoms with E-state index in [0.717, 1.165) is 20.4 Å². The van der Waals surface area contributed by atoms with Crippen LogP contribution in [0.25, 0.3) is 10.8 Å². The first-order valence-electron chi connectivity index (χ1n) is 9.65. The minimum Gasteiger partial charge on any atom is -0.313 e. The molecule has 0 saturated carbocycles. The van der Waals surface area contributed by atoms with Gasteiger partial charge in [0.25, 0.3) is 0 Å². The molecule has 0 aliphatic rings. The molecule has 0 aliphatic carbocycles. The van der Waals surface area contributed by atoms with Crippen molar-refractivity contribution in [3.63, 3.8) is 0 Å². The number of rotatable bonds is 6. The lowest BCUT2D eigenvalue weighted by Crippen LogP contribution is -2.24. The van der Waals surface area contributed by atoms with Gasteiger partial charge in [0.1, 0.15) is 0 Å². The molecule has 4 aromatic carbocycles. The second-order valence-electron chi connectivity index (χ2n) is 7.08. The third-order valence-corrected chi connectivity index (χ3v) is 10.1. The van der Waals surface area contributed by atoms with Crippen LogP contribution in [0.2, 0.25) is 0 Å². The van der Waals surface area contributed by atoms with Crippen molar-refractivity contribution in [2.24, 2.45) is 0 Å². The van der Waals surface area contributed by atoms with Crippen LogP contribution in [0.3, 0.4) is 0 Å². The molecule has 0 aliphatic heterocycles. The molecule has 0 aromatic heterocycles. The van der Waals surface area contributed by atoms with Gasteiger partial charge >= 0.3 is 0 Å². The maximum absolute atomic E-state index is 14.5. The van der Waals surface area contributed by atoms with Crippen LogP contribution in [0, 0.1) is 0 Å². The fourth-order valence-electron chi connectivity index (χ4n) is 3.57. The molecule has 0 spiro atoms. The lowest BCUT2D eigenvalue weighted by molar-refractivity contribution is 0.584. The van der Waals surface area contributed by atoms with Crippen molar-refractivity contribution in [1.82, 2.24) is 0 Å². The fraction of sp³-hybridized carbons (Fsp3) is 0.0769. The van der Waals surface area contributed by atoms with E-state index < -0.39 is 7.14 Å². The molecule has 3 heteroatoms. The first kappa shape index (κ1) is 19.8. The van der Waals surface area contributed by atoms with E-state index in [1.807, 2.05) is 79.7 Å². The van der Waals surface area contributed by atoms with Crippen molar-refractivity contribution in [2.75, 3.05) is 0 Å². The maximum atomic E-state index is 14.5. The van der Waals surface area contributed by atoms with E-state index in [2.05, 4.69) is 36.9 Å². The molecule has 1 nitrogen and oxygen atoms in total. The van der Waals surface area contributed by atoms with Crippen LogP contribution < -0.4 is 10.6 Å². The van der Waals surface area contributed by atoms with Crippen LogP contribution in [0.1, 0.15) is 6.92 Å². The van der Waals surface area contributed by atoms with Gasteiger partial charge < -0.3 is 4.57 Å². The Hall–Kier alpha value is -2.54. The van der Waals surface area contributed by atoms with Crippen LogP contribution in [0.15, 0.2) is 120 Å². The lowest BCUT2D eigenvalue weighted by Gasteiger charge is -2.27. The molecule has 4 aromatic rings. The Kier molecular flexibility index (Phi) is 5.76. The van der Waals surface area contributed by atoms with Crippen molar-refractivity contribution in [3.8, 4) is 0 Å². The van der Waals surface area contributed by atoms with E-state index >= 15 is 0 Å². The van der Waals surface area contributed by atoms with Crippen LogP contribution in [-0.4, -0.2) is 5.66 Å². The zero-order valence-electron chi connectivity index (χ0n) is 16.4. The van der Waals surface area contributed by atoms with Gasteiger partial charge in [-0.25, -0.2) is 0 Å². The molecule has 1 atom stereocenters. The minimum atomic E-state index is -2.88. The highest BCUT2D eigenvalue weighted by Crippen LogP contribution is 2.53. The van der Waals surface area contributed by atoms with Crippen molar-refractivity contribution in [3.05, 3.63) is 115 Å². The second-order valence-corrected chi connectivity index (χ2v) is 11.4. The maximum Gasteiger partial charge on any atom is 0.150 e. The van der Waals surface area contributed by atoms with E-state index in [-0.39, 0.29) is 5.66 Å². The number of allylic oxidation sites excluding steroid dienone is 1. The summed E-state index contributed by atoms with van der Waals surface area (Å²) in [6.07, 6.45) is 0. The molecule has 29 heavy (non-hydrogen) atoms. The van der Waals surface area contributed by atoms with Gasteiger partial charge in [-0.05, 0) is 27.8 Å². The summed E-state index contributed by atoms with van der Waals surface area (Å²) in [5, 5.41) is 4.17. The fourth-order valence-corrected chi connectivity index (χ4v) is 7.79. The number of thioether (sulfide) groups is 1. The second kappa shape index (κ2) is 8.45. The van der Waals surface area contributed by atoms with Gasteiger partial charge in [0.15, 0.2) is 7.14 Å². The molecule has 0 saturated heterocycles. The molecule has 144 valence electrons. The first-order valence-corrected chi connectivity index (χ1v) is 12.2. The molecule has 0 amide bonds. The number of benzene rings is 4. The number of hydrogen-bond donors (Lipinski definition) is 0. The lowest BCUT2D eigenvalue weighted by atomic mass is 10.1. The first-order chi connectivity index (χ1) is 14.1. The summed E-state index contributed by atoms with van der Waals surface area (Å²) in [6.45, 7) is 6.38. The molecule has 0 unspecified atom stereocenters. The summed E-state index contributed by atoms with van der Waals surface area (Å²) in [6, 6.07) is 34.4. The Morgan fingerprint density at radius 1 is 0.759 bits per heavy atom. The Morgan fingerprint density at radius 2 is 1.28 bits per heavy atom. The Morgan fingerprint density at radius 3 is 1.86 bits per heavy atom. The molecule has 0 N–H and O–H groups in total. The summed E-state index contributed by atoms with van der Waals surface area (Å²) >= 11 is 1.62. The van der Waals surface area contributed by atoms with Crippen LogP contribution in [0.4, 0.5) is 0 Å². The SMILES string of the molecule is C=C(Sc1ccc2ccccc2c1)[C@@H](C)P(=O)(c1ccccc1)c1ccccc1. The van der Waals surface area contributed by atoms with Gasteiger partial charge in [-0.2, -0.15) is 0 Å². The topological polar surface area (TPSA) is 17.1 Å². The highest BCUT2D eigenvalue weighted by molar-refractivity contribution is 8.03. The zero-order chi connectivity index (χ0) is 20.3.